The number of rotatable bonds is 3. The molecule has 0 radical (unpaired) electrons. The molecular formula is C13H17F3N2O. The van der Waals surface area contributed by atoms with Crippen LogP contribution in [0, 0.1) is 5.92 Å². The number of alkyl halides is 3. The Hall–Kier alpha value is -1.30. The molecule has 2 rings (SSSR count). The highest BCUT2D eigenvalue weighted by Gasteiger charge is 2.31. The Morgan fingerprint density at radius 3 is 2.74 bits per heavy atom. The fraction of sp³-hybridized carbons (Fsp3) is 0.615. The second kappa shape index (κ2) is 5.77. The summed E-state index contributed by atoms with van der Waals surface area (Å²) in [6.45, 7) is 0.454. The fourth-order valence-electron chi connectivity index (χ4n) is 2.37. The molecule has 0 spiro atoms. The molecule has 19 heavy (non-hydrogen) atoms. The van der Waals surface area contributed by atoms with E-state index < -0.39 is 11.7 Å². The Labute approximate surface area is 109 Å². The standard InChI is InChI=1S/C13H17F3N2O/c14-13(15,16)10-5-6-17-12(7-10)18-8-9-3-1-2-4-11(9)19/h5-7,9,11,19H,1-4,8H2,(H,17,18). The van der Waals surface area contributed by atoms with Crippen molar-refractivity contribution in [3.63, 3.8) is 0 Å². The van der Waals surface area contributed by atoms with Gasteiger partial charge in [0.15, 0.2) is 0 Å². The molecule has 6 heteroatoms. The third kappa shape index (κ3) is 3.83. The molecule has 1 heterocycles. The van der Waals surface area contributed by atoms with Crippen LogP contribution >= 0.6 is 0 Å². The summed E-state index contributed by atoms with van der Waals surface area (Å²) in [6.07, 6.45) is 0.146. The average Bonchev–Trinajstić information content (AvgIpc) is 2.37. The molecule has 0 aliphatic heterocycles. The molecule has 0 bridgehead atoms. The molecular weight excluding hydrogens is 257 g/mol. The normalized spacial score (nSPS) is 24.2. The molecule has 1 aromatic heterocycles. The van der Waals surface area contributed by atoms with E-state index in [0.29, 0.717) is 6.54 Å². The van der Waals surface area contributed by atoms with Crippen LogP contribution in [0.4, 0.5) is 19.0 Å². The van der Waals surface area contributed by atoms with Crippen molar-refractivity contribution in [3.8, 4) is 0 Å². The summed E-state index contributed by atoms with van der Waals surface area (Å²) in [5.74, 6) is 0.290. The largest absolute Gasteiger partial charge is 0.416 e. The lowest BCUT2D eigenvalue weighted by atomic mass is 9.86. The number of hydrogen-bond donors (Lipinski definition) is 2. The number of nitrogens with zero attached hydrogens (tertiary/aromatic N) is 1. The minimum Gasteiger partial charge on any atom is -0.393 e. The highest BCUT2D eigenvalue weighted by molar-refractivity contribution is 5.38. The molecule has 2 unspecified atom stereocenters. The molecule has 1 aliphatic carbocycles. The number of pyridine rings is 1. The van der Waals surface area contributed by atoms with Gasteiger partial charge >= 0.3 is 6.18 Å². The first-order valence-electron chi connectivity index (χ1n) is 6.42. The van der Waals surface area contributed by atoms with Gasteiger partial charge in [-0.3, -0.25) is 0 Å². The average molecular weight is 274 g/mol. The van der Waals surface area contributed by atoms with Crippen molar-refractivity contribution in [2.75, 3.05) is 11.9 Å². The lowest BCUT2D eigenvalue weighted by Gasteiger charge is -2.27. The van der Waals surface area contributed by atoms with Crippen molar-refractivity contribution in [1.29, 1.82) is 0 Å². The first kappa shape index (κ1) is 14.1. The van der Waals surface area contributed by atoms with Gasteiger partial charge in [0, 0.05) is 18.7 Å². The Bertz CT molecular complexity index is 423. The second-order valence-corrected chi connectivity index (χ2v) is 4.92. The molecule has 3 nitrogen and oxygen atoms in total. The van der Waals surface area contributed by atoms with Crippen LogP contribution in [0.2, 0.25) is 0 Å². The molecule has 2 atom stereocenters. The highest BCUT2D eigenvalue weighted by atomic mass is 19.4. The molecule has 1 aliphatic rings. The third-order valence-electron chi connectivity index (χ3n) is 3.50. The minimum absolute atomic E-state index is 0.0880. The summed E-state index contributed by atoms with van der Waals surface area (Å²) < 4.78 is 37.6. The summed E-state index contributed by atoms with van der Waals surface area (Å²) in [5, 5.41) is 12.7. The Morgan fingerprint density at radius 1 is 1.32 bits per heavy atom. The van der Waals surface area contributed by atoms with Crippen molar-refractivity contribution in [2.45, 2.75) is 38.0 Å². The van der Waals surface area contributed by atoms with Crippen molar-refractivity contribution >= 4 is 5.82 Å². The van der Waals surface area contributed by atoms with E-state index in [2.05, 4.69) is 10.3 Å². The maximum atomic E-state index is 12.5. The van der Waals surface area contributed by atoms with E-state index in [1.165, 1.54) is 0 Å². The number of anilines is 1. The Kier molecular flexibility index (Phi) is 4.29. The smallest absolute Gasteiger partial charge is 0.393 e. The molecule has 106 valence electrons. The van der Waals surface area contributed by atoms with Crippen LogP contribution in [0.5, 0.6) is 0 Å². The minimum atomic E-state index is -4.36. The zero-order valence-electron chi connectivity index (χ0n) is 10.5. The van der Waals surface area contributed by atoms with E-state index in [4.69, 9.17) is 0 Å². The van der Waals surface area contributed by atoms with Crippen molar-refractivity contribution < 1.29 is 18.3 Å². The van der Waals surface area contributed by atoms with Gasteiger partial charge in [-0.25, -0.2) is 4.98 Å². The molecule has 1 aromatic rings. The molecule has 0 amide bonds. The Morgan fingerprint density at radius 2 is 2.05 bits per heavy atom. The predicted molar refractivity (Wildman–Crippen MR) is 65.7 cm³/mol. The third-order valence-corrected chi connectivity index (χ3v) is 3.50. The van der Waals surface area contributed by atoms with E-state index in [0.717, 1.165) is 44.0 Å². The molecule has 0 aromatic carbocycles. The monoisotopic (exact) mass is 274 g/mol. The number of nitrogens with one attached hydrogen (secondary N) is 1. The predicted octanol–water partition coefficient (Wildman–Crippen LogP) is 3.06. The van der Waals surface area contributed by atoms with Gasteiger partial charge in [0.2, 0.25) is 0 Å². The SMILES string of the molecule is OC1CCCCC1CNc1cc(C(F)(F)F)ccn1. The van der Waals surface area contributed by atoms with Gasteiger partial charge in [-0.1, -0.05) is 12.8 Å². The number of aromatic nitrogens is 1. The van der Waals surface area contributed by atoms with Crippen molar-refractivity contribution in [2.24, 2.45) is 5.92 Å². The van der Waals surface area contributed by atoms with Gasteiger partial charge in [0.05, 0.1) is 11.7 Å². The molecule has 1 fully saturated rings. The van der Waals surface area contributed by atoms with Crippen LogP contribution in [0.3, 0.4) is 0 Å². The van der Waals surface area contributed by atoms with Crippen LogP contribution in [0.1, 0.15) is 31.2 Å². The van der Waals surface area contributed by atoms with Crippen molar-refractivity contribution in [3.05, 3.63) is 23.9 Å². The van der Waals surface area contributed by atoms with Gasteiger partial charge in [-0.15, -0.1) is 0 Å². The van der Waals surface area contributed by atoms with E-state index in [1.54, 1.807) is 0 Å². The van der Waals surface area contributed by atoms with Crippen LogP contribution in [-0.2, 0) is 6.18 Å². The summed E-state index contributed by atoms with van der Waals surface area (Å²) in [5.41, 5.74) is -0.714. The van der Waals surface area contributed by atoms with Crippen molar-refractivity contribution in [1.82, 2.24) is 4.98 Å². The van der Waals surface area contributed by atoms with Gasteiger partial charge in [-0.2, -0.15) is 13.2 Å². The number of hydrogen-bond acceptors (Lipinski definition) is 3. The van der Waals surface area contributed by atoms with E-state index >= 15 is 0 Å². The quantitative estimate of drug-likeness (QED) is 0.890. The zero-order valence-corrected chi connectivity index (χ0v) is 10.5. The van der Waals surface area contributed by atoms with Gasteiger partial charge in [-0.05, 0) is 25.0 Å². The topological polar surface area (TPSA) is 45.1 Å². The van der Waals surface area contributed by atoms with Crippen LogP contribution in [-0.4, -0.2) is 22.7 Å². The first-order valence-corrected chi connectivity index (χ1v) is 6.42. The second-order valence-electron chi connectivity index (χ2n) is 4.92. The number of aliphatic hydroxyl groups excluding tert-OH is 1. The van der Waals surface area contributed by atoms with Crippen LogP contribution < -0.4 is 5.32 Å². The lowest BCUT2D eigenvalue weighted by Crippen LogP contribution is -2.30. The van der Waals surface area contributed by atoms with Crippen LogP contribution in [0.15, 0.2) is 18.3 Å². The first-order chi connectivity index (χ1) is 8.97. The van der Waals surface area contributed by atoms with Gasteiger partial charge in [0.1, 0.15) is 5.82 Å². The maximum absolute atomic E-state index is 12.5. The molecule has 0 saturated heterocycles. The van der Waals surface area contributed by atoms with E-state index in [9.17, 15) is 18.3 Å². The fourth-order valence-corrected chi connectivity index (χ4v) is 2.37. The van der Waals surface area contributed by atoms with E-state index in [1.807, 2.05) is 0 Å². The zero-order chi connectivity index (χ0) is 13.9. The lowest BCUT2D eigenvalue weighted by molar-refractivity contribution is -0.137. The summed E-state index contributed by atoms with van der Waals surface area (Å²) >= 11 is 0. The van der Waals surface area contributed by atoms with Crippen LogP contribution in [0.25, 0.3) is 0 Å². The number of halogens is 3. The Balaban J connectivity index is 1.96. The maximum Gasteiger partial charge on any atom is 0.416 e. The summed E-state index contributed by atoms with van der Waals surface area (Å²) in [4.78, 5) is 3.87. The van der Waals surface area contributed by atoms with E-state index in [-0.39, 0.29) is 17.8 Å². The summed E-state index contributed by atoms with van der Waals surface area (Å²) in [7, 11) is 0. The highest BCUT2D eigenvalue weighted by Crippen LogP contribution is 2.30. The van der Waals surface area contributed by atoms with Gasteiger partial charge < -0.3 is 10.4 Å². The summed E-state index contributed by atoms with van der Waals surface area (Å²) in [6, 6.07) is 1.94. The number of aliphatic hydroxyl groups is 1. The molecule has 2 N–H and O–H groups in total. The molecule has 1 saturated carbocycles. The van der Waals surface area contributed by atoms with Gasteiger partial charge in [0.25, 0.3) is 0 Å².